The van der Waals surface area contributed by atoms with E-state index < -0.39 is 0 Å². The van der Waals surface area contributed by atoms with Gasteiger partial charge in [-0.15, -0.1) is 0 Å². The summed E-state index contributed by atoms with van der Waals surface area (Å²) in [5.74, 6) is 0.527. The molecule has 1 saturated heterocycles. The van der Waals surface area contributed by atoms with Crippen LogP contribution in [0.2, 0.25) is 0 Å². The van der Waals surface area contributed by atoms with E-state index >= 15 is 0 Å². The van der Waals surface area contributed by atoms with E-state index in [4.69, 9.17) is 4.99 Å². The van der Waals surface area contributed by atoms with Crippen molar-refractivity contribution >= 4 is 40.3 Å². The Morgan fingerprint density at radius 1 is 0.825 bits per heavy atom. The highest BCUT2D eigenvalue weighted by Gasteiger charge is 2.35. The summed E-state index contributed by atoms with van der Waals surface area (Å²) in [6.07, 6.45) is 3.83. The highest BCUT2D eigenvalue weighted by molar-refractivity contribution is 8.18. The van der Waals surface area contributed by atoms with Crippen molar-refractivity contribution in [3.63, 3.8) is 0 Å². The lowest BCUT2D eigenvalue weighted by Crippen LogP contribution is -2.37. The zero-order chi connectivity index (χ0) is 27.1. The minimum Gasteiger partial charge on any atom is -0.507 e. The van der Waals surface area contributed by atoms with E-state index in [9.17, 15) is 9.90 Å². The molecule has 0 spiro atoms. The third-order valence-corrected chi connectivity index (χ3v) is 9.01. The Bertz CT molecular complexity index is 1580. The van der Waals surface area contributed by atoms with Gasteiger partial charge in [-0.05, 0) is 71.1 Å². The van der Waals surface area contributed by atoms with E-state index in [1.165, 1.54) is 39.7 Å². The average Bonchev–Trinajstić information content (AvgIpc) is 3.33. The number of phenols is 1. The number of carbonyl (C=O) groups is 1. The van der Waals surface area contributed by atoms with Gasteiger partial charge in [-0.25, -0.2) is 4.99 Å². The Morgan fingerprint density at radius 3 is 2.00 bits per heavy atom. The number of nitrogens with zero attached hydrogens (tertiary/aromatic N) is 2. The quantitative estimate of drug-likeness (QED) is 0.268. The fraction of sp³-hybridized carbons (Fsp3) is 0.176. The lowest BCUT2D eigenvalue weighted by Gasteiger charge is -2.43. The molecule has 4 aromatic rings. The summed E-state index contributed by atoms with van der Waals surface area (Å²) >= 11 is 1.31. The van der Waals surface area contributed by atoms with E-state index in [0.717, 1.165) is 31.6 Å². The van der Waals surface area contributed by atoms with Crippen LogP contribution in [0.3, 0.4) is 0 Å². The number of carbonyl (C=O) groups excluding carboxylic acids is 1. The SMILES string of the molecule is O=C1NC(=Nc2cc3c4c(c2)[C@@H](c2ccccc2)CCN4CC[C@@H]3c2ccccc2)S/C1=C\c1ccccc1O. The van der Waals surface area contributed by atoms with Crippen LogP contribution in [0.1, 0.15) is 52.5 Å². The lowest BCUT2D eigenvalue weighted by atomic mass is 9.76. The van der Waals surface area contributed by atoms with Crippen LogP contribution in [-0.4, -0.2) is 29.3 Å². The number of thioether (sulfide) groups is 1. The first-order chi connectivity index (χ1) is 19.6. The summed E-state index contributed by atoms with van der Waals surface area (Å²) in [4.78, 5) is 20.8. The number of nitrogens with one attached hydrogen (secondary N) is 1. The predicted octanol–water partition coefficient (Wildman–Crippen LogP) is 7.16. The number of hydrogen-bond donors (Lipinski definition) is 2. The molecule has 198 valence electrons. The van der Waals surface area contributed by atoms with Gasteiger partial charge < -0.3 is 15.3 Å². The van der Waals surface area contributed by atoms with Gasteiger partial charge in [0.2, 0.25) is 0 Å². The molecule has 4 aromatic carbocycles. The summed E-state index contributed by atoms with van der Waals surface area (Å²) in [6.45, 7) is 2.09. The van der Waals surface area contributed by atoms with Crippen molar-refractivity contribution in [2.45, 2.75) is 24.7 Å². The second kappa shape index (κ2) is 10.4. The maximum Gasteiger partial charge on any atom is 0.264 e. The normalized spacial score (nSPS) is 21.9. The molecule has 0 bridgehead atoms. The van der Waals surface area contributed by atoms with Gasteiger partial charge >= 0.3 is 0 Å². The Balaban J connectivity index is 1.32. The first-order valence-corrected chi connectivity index (χ1v) is 14.6. The number of amides is 1. The summed E-state index contributed by atoms with van der Waals surface area (Å²) in [5.41, 5.74) is 8.10. The third kappa shape index (κ3) is 4.58. The molecule has 7 rings (SSSR count). The molecule has 0 radical (unpaired) electrons. The summed E-state index contributed by atoms with van der Waals surface area (Å²) in [6, 6.07) is 33.0. The van der Waals surface area contributed by atoms with E-state index in [2.05, 4.69) is 83.0 Å². The molecule has 6 heteroatoms. The topological polar surface area (TPSA) is 64.9 Å². The second-order valence-corrected chi connectivity index (χ2v) is 11.5. The molecule has 0 unspecified atom stereocenters. The molecule has 0 aliphatic carbocycles. The minimum absolute atomic E-state index is 0.144. The fourth-order valence-corrected chi connectivity index (χ4v) is 7.09. The third-order valence-electron chi connectivity index (χ3n) is 8.10. The Kier molecular flexibility index (Phi) is 6.40. The molecule has 2 N–H and O–H groups in total. The van der Waals surface area contributed by atoms with Gasteiger partial charge in [-0.1, -0.05) is 78.9 Å². The van der Waals surface area contributed by atoms with Gasteiger partial charge in [0.15, 0.2) is 5.17 Å². The van der Waals surface area contributed by atoms with E-state index in [1.807, 2.05) is 6.07 Å². The van der Waals surface area contributed by atoms with Crippen LogP contribution >= 0.6 is 11.8 Å². The molecular weight excluding hydrogens is 514 g/mol. The van der Waals surface area contributed by atoms with Crippen LogP contribution in [0.5, 0.6) is 5.75 Å². The van der Waals surface area contributed by atoms with Crippen LogP contribution < -0.4 is 10.2 Å². The summed E-state index contributed by atoms with van der Waals surface area (Å²) in [5, 5.41) is 13.7. The van der Waals surface area contributed by atoms with E-state index in [0.29, 0.717) is 27.5 Å². The zero-order valence-corrected chi connectivity index (χ0v) is 22.8. The number of benzene rings is 4. The number of aromatic hydroxyl groups is 1. The first kappa shape index (κ1) is 24.7. The van der Waals surface area contributed by atoms with Crippen LogP contribution in [0, 0.1) is 0 Å². The smallest absolute Gasteiger partial charge is 0.264 e. The first-order valence-electron chi connectivity index (χ1n) is 13.7. The molecule has 40 heavy (non-hydrogen) atoms. The molecule has 3 aliphatic heterocycles. The number of amidine groups is 1. The van der Waals surface area contributed by atoms with Gasteiger partial charge in [-0.2, -0.15) is 0 Å². The molecule has 3 aliphatic rings. The highest BCUT2D eigenvalue weighted by atomic mass is 32.2. The maximum atomic E-state index is 12.8. The standard InChI is InChI=1S/C34H29N3O2S/c38-30-14-8-7-13-24(30)19-31-33(39)36-34(40-31)35-25-20-28-26(22-9-3-1-4-10-22)15-17-37-18-16-27(29(21-25)32(28)37)23-11-5-2-6-12-23/h1-14,19-21,26-27,38H,15-18H2,(H,35,36,39)/b31-19-/t26-,27-/m1/s1. The van der Waals surface area contributed by atoms with Crippen molar-refractivity contribution in [2.24, 2.45) is 4.99 Å². The molecular formula is C34H29N3O2S. The Hall–Kier alpha value is -4.29. The van der Waals surface area contributed by atoms with Crippen molar-refractivity contribution in [3.8, 4) is 5.75 Å². The molecule has 1 amide bonds. The van der Waals surface area contributed by atoms with Crippen LogP contribution in [0.4, 0.5) is 11.4 Å². The minimum atomic E-state index is -0.207. The number of aliphatic imine (C=N–C) groups is 1. The largest absolute Gasteiger partial charge is 0.507 e. The molecule has 0 saturated carbocycles. The monoisotopic (exact) mass is 543 g/mol. The van der Waals surface area contributed by atoms with Crippen molar-refractivity contribution in [2.75, 3.05) is 18.0 Å². The van der Waals surface area contributed by atoms with Crippen LogP contribution in [0.15, 0.2) is 107 Å². The molecule has 1 fully saturated rings. The Morgan fingerprint density at radius 2 is 1.40 bits per heavy atom. The summed E-state index contributed by atoms with van der Waals surface area (Å²) in [7, 11) is 0. The van der Waals surface area contributed by atoms with Crippen molar-refractivity contribution < 1.29 is 9.90 Å². The average molecular weight is 544 g/mol. The number of phenolic OH excluding ortho intramolecular Hbond substituents is 1. The van der Waals surface area contributed by atoms with Crippen LogP contribution in [0.25, 0.3) is 6.08 Å². The highest BCUT2D eigenvalue weighted by Crippen LogP contribution is 2.50. The van der Waals surface area contributed by atoms with Crippen LogP contribution in [-0.2, 0) is 4.79 Å². The number of hydrogen-bond acceptors (Lipinski definition) is 5. The Labute approximate surface area is 238 Å². The van der Waals surface area contributed by atoms with E-state index in [-0.39, 0.29) is 11.7 Å². The summed E-state index contributed by atoms with van der Waals surface area (Å²) < 4.78 is 0. The van der Waals surface area contributed by atoms with Gasteiger partial charge in [0.05, 0.1) is 10.6 Å². The zero-order valence-electron chi connectivity index (χ0n) is 22.0. The van der Waals surface area contributed by atoms with Crippen molar-refractivity contribution in [3.05, 3.63) is 130 Å². The number of para-hydroxylation sites is 1. The molecule has 2 atom stereocenters. The lowest BCUT2D eigenvalue weighted by molar-refractivity contribution is -0.115. The molecule has 5 nitrogen and oxygen atoms in total. The number of anilines is 1. The fourth-order valence-electron chi connectivity index (χ4n) is 6.25. The van der Waals surface area contributed by atoms with Gasteiger partial charge in [-0.3, -0.25) is 4.79 Å². The molecule has 0 aromatic heterocycles. The predicted molar refractivity (Wildman–Crippen MR) is 163 cm³/mol. The van der Waals surface area contributed by atoms with E-state index in [1.54, 1.807) is 24.3 Å². The molecule has 3 heterocycles. The number of rotatable bonds is 4. The maximum absolute atomic E-state index is 12.8. The van der Waals surface area contributed by atoms with Crippen molar-refractivity contribution in [1.29, 1.82) is 0 Å². The second-order valence-electron chi connectivity index (χ2n) is 10.5. The van der Waals surface area contributed by atoms with Gasteiger partial charge in [0.1, 0.15) is 5.75 Å². The van der Waals surface area contributed by atoms with Gasteiger partial charge in [0, 0.05) is 36.2 Å². The van der Waals surface area contributed by atoms with Gasteiger partial charge in [0.25, 0.3) is 5.91 Å². The van der Waals surface area contributed by atoms with Crippen molar-refractivity contribution in [1.82, 2.24) is 5.32 Å².